The summed E-state index contributed by atoms with van der Waals surface area (Å²) in [4.78, 5) is 13.3. The van der Waals surface area contributed by atoms with Gasteiger partial charge in [-0.05, 0) is 51.9 Å². The molecule has 2 rings (SSSR count). The van der Waals surface area contributed by atoms with Crippen molar-refractivity contribution in [1.82, 2.24) is 15.5 Å². The van der Waals surface area contributed by atoms with Gasteiger partial charge in [-0.3, -0.25) is 4.90 Å². The van der Waals surface area contributed by atoms with Crippen LogP contribution in [-0.2, 0) is 4.74 Å². The van der Waals surface area contributed by atoms with Gasteiger partial charge in [-0.2, -0.15) is 0 Å². The number of hydrogen-bond acceptors (Lipinski definition) is 4. The molecule has 5 heteroatoms. The summed E-state index contributed by atoms with van der Waals surface area (Å²) in [5, 5.41) is 5.91. The van der Waals surface area contributed by atoms with Crippen LogP contribution < -0.4 is 10.6 Å². The molecule has 2 N–H and O–H groups in total. The molecule has 5 nitrogen and oxygen atoms in total. The van der Waals surface area contributed by atoms with Gasteiger partial charge >= 0.3 is 6.09 Å². The highest BCUT2D eigenvalue weighted by molar-refractivity contribution is 5.69. The van der Waals surface area contributed by atoms with E-state index in [1.54, 1.807) is 0 Å². The van der Waals surface area contributed by atoms with Gasteiger partial charge in [0.25, 0.3) is 0 Å². The fourth-order valence-electron chi connectivity index (χ4n) is 2.63. The number of nitrogens with zero attached hydrogens (tertiary/aromatic N) is 1. The second-order valence-corrected chi connectivity index (χ2v) is 5.04. The van der Waals surface area contributed by atoms with Gasteiger partial charge in [0.1, 0.15) is 6.10 Å². The smallest absolute Gasteiger partial charge is 0.407 e. The van der Waals surface area contributed by atoms with Crippen molar-refractivity contribution in [2.75, 3.05) is 39.8 Å². The summed E-state index contributed by atoms with van der Waals surface area (Å²) >= 11 is 0. The molecule has 2 fully saturated rings. The number of alkyl carbamates (subject to hydrolysis) is 1. The zero-order valence-electron chi connectivity index (χ0n) is 10.6. The first-order valence-corrected chi connectivity index (χ1v) is 6.59. The number of hydrogen-bond donors (Lipinski definition) is 2. The minimum absolute atomic E-state index is 0.0522. The molecule has 0 bridgehead atoms. The van der Waals surface area contributed by atoms with Gasteiger partial charge in [0.15, 0.2) is 0 Å². The third-order valence-electron chi connectivity index (χ3n) is 3.72. The molecule has 0 aliphatic carbocycles. The maximum Gasteiger partial charge on any atom is 0.407 e. The van der Waals surface area contributed by atoms with Crippen LogP contribution in [-0.4, -0.2) is 56.9 Å². The van der Waals surface area contributed by atoms with E-state index in [-0.39, 0.29) is 12.2 Å². The van der Waals surface area contributed by atoms with E-state index in [0.717, 1.165) is 32.1 Å². The second kappa shape index (κ2) is 6.21. The quantitative estimate of drug-likeness (QED) is 0.732. The minimum atomic E-state index is -0.265. The fraction of sp³-hybridized carbons (Fsp3) is 0.917. The molecule has 0 aromatic rings. The molecule has 2 heterocycles. The van der Waals surface area contributed by atoms with Crippen molar-refractivity contribution < 1.29 is 9.53 Å². The summed E-state index contributed by atoms with van der Waals surface area (Å²) in [5.41, 5.74) is 0. The Morgan fingerprint density at radius 2 is 2.24 bits per heavy atom. The van der Waals surface area contributed by atoms with Crippen molar-refractivity contribution in [3.63, 3.8) is 0 Å². The summed E-state index contributed by atoms with van der Waals surface area (Å²) < 4.78 is 5.15. The molecular weight excluding hydrogens is 218 g/mol. The highest BCUT2D eigenvalue weighted by Gasteiger charge is 2.26. The molecule has 2 aliphatic rings. The maximum atomic E-state index is 10.9. The van der Waals surface area contributed by atoms with Crippen molar-refractivity contribution in [2.45, 2.75) is 25.4 Å². The summed E-state index contributed by atoms with van der Waals surface area (Å²) in [7, 11) is 2.01. The summed E-state index contributed by atoms with van der Waals surface area (Å²) in [6.45, 7) is 4.95. The van der Waals surface area contributed by atoms with Crippen LogP contribution in [0.2, 0.25) is 0 Å². The van der Waals surface area contributed by atoms with E-state index >= 15 is 0 Å². The molecule has 0 saturated carbocycles. The molecule has 98 valence electrons. The molecule has 1 unspecified atom stereocenters. The average molecular weight is 241 g/mol. The lowest BCUT2D eigenvalue weighted by Gasteiger charge is -2.32. The topological polar surface area (TPSA) is 53.6 Å². The molecule has 0 aromatic carbocycles. The fourth-order valence-corrected chi connectivity index (χ4v) is 2.63. The number of likely N-dealkylation sites (tertiary alicyclic amines) is 1. The molecule has 2 aliphatic heterocycles. The Balaban J connectivity index is 1.63. The van der Waals surface area contributed by atoms with Crippen molar-refractivity contribution in [1.29, 1.82) is 0 Å². The van der Waals surface area contributed by atoms with Gasteiger partial charge < -0.3 is 15.4 Å². The molecule has 0 aromatic heterocycles. The van der Waals surface area contributed by atoms with E-state index in [4.69, 9.17) is 4.74 Å². The molecule has 0 radical (unpaired) electrons. The van der Waals surface area contributed by atoms with Crippen molar-refractivity contribution >= 4 is 6.09 Å². The maximum absolute atomic E-state index is 10.9. The number of cyclic esters (lactones) is 1. The first kappa shape index (κ1) is 12.6. The average Bonchev–Trinajstić information content (AvgIpc) is 2.74. The molecular formula is C12H23N3O2. The van der Waals surface area contributed by atoms with Crippen LogP contribution in [0.1, 0.15) is 19.3 Å². The standard InChI is InChI=1S/C12H23N3O2/c1-13-5-2-10-3-6-15(7-4-10)9-11-8-14-12(16)17-11/h10-11,13H,2-9H2,1H3,(H,14,16). The number of amides is 1. The summed E-state index contributed by atoms with van der Waals surface area (Å²) in [5.74, 6) is 0.864. The lowest BCUT2D eigenvalue weighted by molar-refractivity contribution is 0.0904. The first-order valence-electron chi connectivity index (χ1n) is 6.59. The number of ether oxygens (including phenoxy) is 1. The van der Waals surface area contributed by atoms with Crippen LogP contribution in [0, 0.1) is 5.92 Å². The highest BCUT2D eigenvalue weighted by atomic mass is 16.6. The van der Waals surface area contributed by atoms with E-state index in [1.165, 1.54) is 19.3 Å². The van der Waals surface area contributed by atoms with E-state index < -0.39 is 0 Å². The molecule has 1 atom stereocenters. The van der Waals surface area contributed by atoms with E-state index in [1.807, 2.05) is 7.05 Å². The van der Waals surface area contributed by atoms with Crippen LogP contribution in [0.5, 0.6) is 0 Å². The van der Waals surface area contributed by atoms with Crippen LogP contribution in [0.4, 0.5) is 4.79 Å². The minimum Gasteiger partial charge on any atom is -0.443 e. The third kappa shape index (κ3) is 3.85. The van der Waals surface area contributed by atoms with Gasteiger partial charge in [-0.1, -0.05) is 0 Å². The van der Waals surface area contributed by atoms with Gasteiger partial charge in [-0.25, -0.2) is 4.79 Å². The first-order chi connectivity index (χ1) is 8.28. The number of rotatable bonds is 5. The zero-order valence-corrected chi connectivity index (χ0v) is 10.6. The number of nitrogens with one attached hydrogen (secondary N) is 2. The monoisotopic (exact) mass is 241 g/mol. The van der Waals surface area contributed by atoms with E-state index in [9.17, 15) is 4.79 Å². The lowest BCUT2D eigenvalue weighted by Crippen LogP contribution is -2.40. The molecule has 0 spiro atoms. The van der Waals surface area contributed by atoms with Crippen molar-refractivity contribution in [3.05, 3.63) is 0 Å². The van der Waals surface area contributed by atoms with Gasteiger partial charge in [0.05, 0.1) is 6.54 Å². The van der Waals surface area contributed by atoms with Gasteiger partial charge in [-0.15, -0.1) is 0 Å². The molecule has 1 amide bonds. The lowest BCUT2D eigenvalue weighted by atomic mass is 9.93. The normalized spacial score (nSPS) is 26.9. The SMILES string of the molecule is CNCCC1CCN(CC2CNC(=O)O2)CC1. The zero-order chi connectivity index (χ0) is 12.1. The number of carbonyl (C=O) groups excluding carboxylic acids is 1. The Morgan fingerprint density at radius 3 is 2.82 bits per heavy atom. The predicted octanol–water partition coefficient (Wildman–Crippen LogP) is 0.416. The number of piperidine rings is 1. The van der Waals surface area contributed by atoms with Crippen molar-refractivity contribution in [3.8, 4) is 0 Å². The molecule has 2 saturated heterocycles. The highest BCUT2D eigenvalue weighted by Crippen LogP contribution is 2.20. The predicted molar refractivity (Wildman–Crippen MR) is 66.0 cm³/mol. The molecule has 17 heavy (non-hydrogen) atoms. The summed E-state index contributed by atoms with van der Waals surface area (Å²) in [6, 6.07) is 0. The van der Waals surface area contributed by atoms with Crippen molar-refractivity contribution in [2.24, 2.45) is 5.92 Å². The largest absolute Gasteiger partial charge is 0.443 e. The van der Waals surface area contributed by atoms with Crippen LogP contribution >= 0.6 is 0 Å². The summed E-state index contributed by atoms with van der Waals surface area (Å²) in [6.07, 6.45) is 3.62. The second-order valence-electron chi connectivity index (χ2n) is 5.04. The Kier molecular flexibility index (Phi) is 4.62. The third-order valence-corrected chi connectivity index (χ3v) is 3.72. The van der Waals surface area contributed by atoms with Crippen LogP contribution in [0.25, 0.3) is 0 Å². The Labute approximate surface area is 103 Å². The Hall–Kier alpha value is -0.810. The van der Waals surface area contributed by atoms with E-state index in [0.29, 0.717) is 6.54 Å². The van der Waals surface area contributed by atoms with Crippen LogP contribution in [0.3, 0.4) is 0 Å². The Bertz CT molecular complexity index is 252. The van der Waals surface area contributed by atoms with Crippen LogP contribution in [0.15, 0.2) is 0 Å². The van der Waals surface area contributed by atoms with Gasteiger partial charge in [0.2, 0.25) is 0 Å². The Morgan fingerprint density at radius 1 is 1.47 bits per heavy atom. The number of carbonyl (C=O) groups is 1. The van der Waals surface area contributed by atoms with Gasteiger partial charge in [0, 0.05) is 6.54 Å². The van der Waals surface area contributed by atoms with E-state index in [2.05, 4.69) is 15.5 Å².